The molecule has 0 unspecified atom stereocenters. The van der Waals surface area contributed by atoms with Gasteiger partial charge < -0.3 is 14.7 Å². The highest BCUT2D eigenvalue weighted by Gasteiger charge is 2.40. The van der Waals surface area contributed by atoms with Crippen molar-refractivity contribution >= 4 is 22.9 Å². The highest BCUT2D eigenvalue weighted by molar-refractivity contribution is 5.79. The minimum absolute atomic E-state index is 0.337. The van der Waals surface area contributed by atoms with Gasteiger partial charge in [-0.05, 0) is 85.7 Å². The van der Waals surface area contributed by atoms with E-state index in [1.807, 2.05) is 36.4 Å². The van der Waals surface area contributed by atoms with E-state index in [1.54, 1.807) is 25.5 Å². The van der Waals surface area contributed by atoms with Crippen LogP contribution in [0.1, 0.15) is 43.5 Å². The van der Waals surface area contributed by atoms with Crippen LogP contribution >= 0.6 is 0 Å². The van der Waals surface area contributed by atoms with Crippen molar-refractivity contribution in [2.75, 3.05) is 25.1 Å². The number of allylic oxidation sites excluding steroid dienone is 5. The number of aromatic amines is 1. The number of rotatable bonds is 8. The van der Waals surface area contributed by atoms with Crippen molar-refractivity contribution in [1.29, 1.82) is 0 Å². The molecule has 38 heavy (non-hydrogen) atoms. The Labute approximate surface area is 220 Å². The first kappa shape index (κ1) is 25.4. The van der Waals surface area contributed by atoms with Crippen LogP contribution < -0.4 is 9.64 Å². The molecule has 1 saturated heterocycles. The molecule has 1 aromatic carbocycles. The highest BCUT2D eigenvalue weighted by atomic mass is 19.1. The summed E-state index contributed by atoms with van der Waals surface area (Å²) in [4.78, 5) is 23.0. The lowest BCUT2D eigenvalue weighted by Gasteiger charge is -2.39. The number of H-pyrrole nitrogens is 1. The average Bonchev–Trinajstić information content (AvgIpc) is 3.44. The van der Waals surface area contributed by atoms with Crippen molar-refractivity contribution < 1.29 is 19.0 Å². The monoisotopic (exact) mass is 515 g/mol. The molecule has 1 aliphatic heterocycles. The fraction of sp³-hybridized carbons (Fsp3) is 0.310. The number of anilines is 1. The topological polar surface area (TPSA) is 104 Å². The van der Waals surface area contributed by atoms with Gasteiger partial charge in [-0.2, -0.15) is 5.10 Å². The number of benzene rings is 1. The van der Waals surface area contributed by atoms with E-state index in [1.165, 1.54) is 0 Å². The minimum atomic E-state index is -0.763. The molecule has 2 aliphatic rings. The number of carboxylic acids is 1. The number of aliphatic carboxylic acids is 1. The summed E-state index contributed by atoms with van der Waals surface area (Å²) < 4.78 is 20.4. The van der Waals surface area contributed by atoms with Gasteiger partial charge >= 0.3 is 5.97 Å². The highest BCUT2D eigenvalue weighted by Crippen LogP contribution is 2.38. The van der Waals surface area contributed by atoms with Crippen molar-refractivity contribution in [3.8, 4) is 17.1 Å². The van der Waals surface area contributed by atoms with Crippen molar-refractivity contribution in [3.63, 3.8) is 0 Å². The Morgan fingerprint density at radius 1 is 1.18 bits per heavy atom. The van der Waals surface area contributed by atoms with Crippen molar-refractivity contribution in [2.24, 2.45) is 5.41 Å². The van der Waals surface area contributed by atoms with Crippen LogP contribution in [-0.4, -0.2) is 51.4 Å². The summed E-state index contributed by atoms with van der Waals surface area (Å²) in [6.07, 6.45) is 7.69. The second kappa shape index (κ2) is 10.6. The zero-order valence-electron chi connectivity index (χ0n) is 21.3. The Morgan fingerprint density at radius 2 is 1.92 bits per heavy atom. The van der Waals surface area contributed by atoms with E-state index in [4.69, 9.17) is 4.74 Å². The maximum absolute atomic E-state index is 15.2. The second-order valence-corrected chi connectivity index (χ2v) is 9.70. The van der Waals surface area contributed by atoms with Gasteiger partial charge in [0.1, 0.15) is 17.4 Å². The van der Waals surface area contributed by atoms with E-state index in [-0.39, 0.29) is 5.83 Å². The molecule has 1 fully saturated rings. The minimum Gasteiger partial charge on any atom is -0.497 e. The van der Waals surface area contributed by atoms with Gasteiger partial charge in [0, 0.05) is 30.4 Å². The van der Waals surface area contributed by atoms with E-state index < -0.39 is 11.4 Å². The summed E-state index contributed by atoms with van der Waals surface area (Å²) in [5, 5.41) is 16.8. The lowest BCUT2D eigenvalue weighted by molar-refractivity contribution is -0.150. The Morgan fingerprint density at radius 3 is 2.53 bits per heavy atom. The molecule has 0 saturated carbocycles. The number of halogens is 1. The molecule has 1 aliphatic carbocycles. The SMILES string of the molecule is C=CCC1(C(=O)O)CCN(c2ccc(C3=CC(F)=C(c4nc(-c5ccc(OC)cc5)n[nH]4)CC3)cn2)CC1. The third kappa shape index (κ3) is 4.96. The second-order valence-electron chi connectivity index (χ2n) is 9.70. The third-order valence-corrected chi connectivity index (χ3v) is 7.51. The summed E-state index contributed by atoms with van der Waals surface area (Å²) in [5.74, 6) is 1.37. The van der Waals surface area contributed by atoms with E-state index >= 15 is 4.39 Å². The number of nitrogens with zero attached hydrogens (tertiary/aromatic N) is 4. The van der Waals surface area contributed by atoms with Gasteiger partial charge in [0.15, 0.2) is 11.6 Å². The van der Waals surface area contributed by atoms with E-state index in [2.05, 4.69) is 31.6 Å². The van der Waals surface area contributed by atoms with Gasteiger partial charge in [-0.25, -0.2) is 14.4 Å². The first-order valence-corrected chi connectivity index (χ1v) is 12.6. The number of hydrogen-bond acceptors (Lipinski definition) is 6. The lowest BCUT2D eigenvalue weighted by atomic mass is 9.76. The summed E-state index contributed by atoms with van der Waals surface area (Å²) in [7, 11) is 1.61. The number of aromatic nitrogens is 4. The molecule has 0 radical (unpaired) electrons. The number of ether oxygens (including phenoxy) is 1. The Balaban J connectivity index is 1.28. The molecule has 196 valence electrons. The van der Waals surface area contributed by atoms with Crippen LogP contribution in [0.3, 0.4) is 0 Å². The molecule has 2 aromatic heterocycles. The fourth-order valence-corrected chi connectivity index (χ4v) is 5.12. The smallest absolute Gasteiger partial charge is 0.310 e. The quantitative estimate of drug-likeness (QED) is 0.372. The number of carbonyl (C=O) groups is 1. The van der Waals surface area contributed by atoms with Gasteiger partial charge in [0.2, 0.25) is 0 Å². The number of carboxylic acid groups (broad SMARTS) is 1. The Hall–Kier alpha value is -4.27. The standard InChI is InChI=1S/C29H30FN5O3/c1-3-12-29(28(36)37)13-15-35(16-14-29)25-11-7-21(18-31-25)20-6-10-23(24(30)17-20)27-32-26(33-34-27)19-4-8-22(38-2)9-5-19/h3-5,7-9,11,17-18H,1,6,10,12-16H2,2H3,(H,36,37)(H,32,33,34). The van der Waals surface area contributed by atoms with Crippen molar-refractivity contribution in [1.82, 2.24) is 20.2 Å². The molecule has 8 nitrogen and oxygen atoms in total. The molecule has 0 spiro atoms. The molecule has 0 bridgehead atoms. The van der Waals surface area contributed by atoms with Gasteiger partial charge in [-0.1, -0.05) is 6.08 Å². The molecule has 3 aromatic rings. The molecule has 9 heteroatoms. The number of hydrogen-bond donors (Lipinski definition) is 2. The normalized spacial score (nSPS) is 17.2. The fourth-order valence-electron chi connectivity index (χ4n) is 5.12. The lowest BCUT2D eigenvalue weighted by Crippen LogP contribution is -2.44. The van der Waals surface area contributed by atoms with Crippen LogP contribution in [0.2, 0.25) is 0 Å². The van der Waals surface area contributed by atoms with E-state index in [0.29, 0.717) is 62.4 Å². The van der Waals surface area contributed by atoms with Gasteiger partial charge in [-0.15, -0.1) is 6.58 Å². The molecule has 5 rings (SSSR count). The molecule has 2 N–H and O–H groups in total. The summed E-state index contributed by atoms with van der Waals surface area (Å²) in [6.45, 7) is 4.96. The third-order valence-electron chi connectivity index (χ3n) is 7.51. The van der Waals surface area contributed by atoms with Crippen LogP contribution in [0.15, 0.2) is 67.2 Å². The molecular formula is C29H30FN5O3. The Kier molecular flexibility index (Phi) is 7.09. The van der Waals surface area contributed by atoms with E-state index in [9.17, 15) is 9.90 Å². The summed E-state index contributed by atoms with van der Waals surface area (Å²) in [5.41, 5.74) is 2.31. The van der Waals surface area contributed by atoms with Gasteiger partial charge in [0.05, 0.1) is 12.5 Å². The van der Waals surface area contributed by atoms with Gasteiger partial charge in [-0.3, -0.25) is 9.89 Å². The predicted molar refractivity (Wildman–Crippen MR) is 144 cm³/mol. The molecular weight excluding hydrogens is 485 g/mol. The number of pyridine rings is 1. The van der Waals surface area contributed by atoms with Crippen LogP contribution in [0.4, 0.5) is 10.2 Å². The number of methoxy groups -OCH3 is 1. The first-order chi connectivity index (χ1) is 18.4. The van der Waals surface area contributed by atoms with Crippen molar-refractivity contribution in [2.45, 2.75) is 32.1 Å². The maximum atomic E-state index is 15.2. The largest absolute Gasteiger partial charge is 0.497 e. The number of nitrogens with one attached hydrogen (secondary N) is 1. The van der Waals surface area contributed by atoms with Crippen LogP contribution in [0.5, 0.6) is 5.75 Å². The molecule has 0 atom stereocenters. The number of piperidine rings is 1. The van der Waals surface area contributed by atoms with E-state index in [0.717, 1.165) is 28.3 Å². The summed E-state index contributed by atoms with van der Waals surface area (Å²) in [6, 6.07) is 11.3. The average molecular weight is 516 g/mol. The van der Waals surface area contributed by atoms with Crippen LogP contribution in [0, 0.1) is 5.41 Å². The molecule has 3 heterocycles. The van der Waals surface area contributed by atoms with Crippen molar-refractivity contribution in [3.05, 3.63) is 78.5 Å². The Bertz CT molecular complexity index is 1380. The van der Waals surface area contributed by atoms with Gasteiger partial charge in [0.25, 0.3) is 0 Å². The zero-order valence-corrected chi connectivity index (χ0v) is 21.3. The van der Waals surface area contributed by atoms with Crippen LogP contribution in [-0.2, 0) is 4.79 Å². The molecule has 0 amide bonds. The first-order valence-electron chi connectivity index (χ1n) is 12.6. The maximum Gasteiger partial charge on any atom is 0.310 e. The summed E-state index contributed by atoms with van der Waals surface area (Å²) >= 11 is 0. The zero-order chi connectivity index (χ0) is 26.7. The van der Waals surface area contributed by atoms with Crippen LogP contribution in [0.25, 0.3) is 22.5 Å². The predicted octanol–water partition coefficient (Wildman–Crippen LogP) is 5.68.